The van der Waals surface area contributed by atoms with Gasteiger partial charge in [0.15, 0.2) is 0 Å². The maximum atomic E-state index is 5.49. The molecule has 0 aliphatic rings. The van der Waals surface area contributed by atoms with Crippen LogP contribution in [-0.4, -0.2) is 51.4 Å². The van der Waals surface area contributed by atoms with E-state index in [4.69, 9.17) is 9.47 Å². The molecule has 0 aliphatic heterocycles. The van der Waals surface area contributed by atoms with Crippen LogP contribution < -0.4 is 10.1 Å². The van der Waals surface area contributed by atoms with Gasteiger partial charge in [-0.3, -0.25) is 4.90 Å². The third-order valence-corrected chi connectivity index (χ3v) is 3.86. The zero-order valence-corrected chi connectivity index (χ0v) is 14.1. The summed E-state index contributed by atoms with van der Waals surface area (Å²) in [6.45, 7) is 10.2. The van der Waals surface area contributed by atoms with Crippen molar-refractivity contribution in [3.8, 4) is 5.75 Å². The molecule has 1 rings (SSSR count). The third kappa shape index (κ3) is 5.30. The van der Waals surface area contributed by atoms with Gasteiger partial charge in [-0.2, -0.15) is 0 Å². The van der Waals surface area contributed by atoms with E-state index >= 15 is 0 Å². The van der Waals surface area contributed by atoms with E-state index in [1.165, 1.54) is 5.56 Å². The first-order valence-electron chi connectivity index (χ1n) is 7.77. The van der Waals surface area contributed by atoms with E-state index in [-0.39, 0.29) is 0 Å². The van der Waals surface area contributed by atoms with Gasteiger partial charge in [-0.15, -0.1) is 0 Å². The number of ether oxygens (including phenoxy) is 2. The number of methoxy groups -OCH3 is 2. The van der Waals surface area contributed by atoms with Gasteiger partial charge in [0, 0.05) is 31.3 Å². The molecule has 1 aromatic rings. The van der Waals surface area contributed by atoms with E-state index in [2.05, 4.69) is 43.1 Å². The lowest BCUT2D eigenvalue weighted by Gasteiger charge is -2.32. The van der Waals surface area contributed by atoms with Gasteiger partial charge in [-0.05, 0) is 26.1 Å². The molecule has 0 aliphatic carbocycles. The highest BCUT2D eigenvalue weighted by Gasteiger charge is 2.20. The Kier molecular flexibility index (Phi) is 8.35. The summed E-state index contributed by atoms with van der Waals surface area (Å²) in [4.78, 5) is 2.45. The van der Waals surface area contributed by atoms with Crippen molar-refractivity contribution in [2.75, 3.05) is 40.5 Å². The highest BCUT2D eigenvalue weighted by Crippen LogP contribution is 2.28. The summed E-state index contributed by atoms with van der Waals surface area (Å²) >= 11 is 0. The Morgan fingerprint density at radius 3 is 2.48 bits per heavy atom. The van der Waals surface area contributed by atoms with E-state index < -0.39 is 0 Å². The lowest BCUT2D eigenvalue weighted by Crippen LogP contribution is -2.44. The standard InChI is InChI=1S/C17H30N2O2/c1-6-18-15(13-20-4)12-19(7-2)14(3)16-10-8-9-11-17(16)21-5/h8-11,14-15,18H,6-7,12-13H2,1-5H3/t14-,15+/m0/s1. The van der Waals surface area contributed by atoms with Crippen molar-refractivity contribution in [2.45, 2.75) is 32.9 Å². The SMILES string of the molecule is CCN[C@@H](COC)CN(CC)[C@@H](C)c1ccccc1OC. The summed E-state index contributed by atoms with van der Waals surface area (Å²) < 4.78 is 10.8. The summed E-state index contributed by atoms with van der Waals surface area (Å²) in [6.07, 6.45) is 0. The third-order valence-electron chi connectivity index (χ3n) is 3.86. The van der Waals surface area contributed by atoms with Gasteiger partial charge in [0.25, 0.3) is 0 Å². The van der Waals surface area contributed by atoms with Crippen LogP contribution in [0.1, 0.15) is 32.4 Å². The molecule has 0 amide bonds. The fraction of sp³-hybridized carbons (Fsp3) is 0.647. The molecule has 4 nitrogen and oxygen atoms in total. The van der Waals surface area contributed by atoms with Gasteiger partial charge < -0.3 is 14.8 Å². The topological polar surface area (TPSA) is 33.7 Å². The largest absolute Gasteiger partial charge is 0.496 e. The van der Waals surface area contributed by atoms with Crippen molar-refractivity contribution in [3.05, 3.63) is 29.8 Å². The molecular formula is C17H30N2O2. The molecule has 0 aromatic heterocycles. The number of hydrogen-bond donors (Lipinski definition) is 1. The van der Waals surface area contributed by atoms with Crippen LogP contribution in [0.4, 0.5) is 0 Å². The quantitative estimate of drug-likeness (QED) is 0.719. The van der Waals surface area contributed by atoms with Crippen molar-refractivity contribution in [2.24, 2.45) is 0 Å². The Balaban J connectivity index is 2.82. The number of benzene rings is 1. The number of nitrogens with zero attached hydrogens (tertiary/aromatic N) is 1. The zero-order valence-electron chi connectivity index (χ0n) is 14.1. The maximum Gasteiger partial charge on any atom is 0.123 e. The van der Waals surface area contributed by atoms with E-state index in [0.717, 1.165) is 32.0 Å². The van der Waals surface area contributed by atoms with Gasteiger partial charge in [0.1, 0.15) is 5.75 Å². The van der Waals surface area contributed by atoms with Crippen LogP contribution in [-0.2, 0) is 4.74 Å². The number of para-hydroxylation sites is 1. The fourth-order valence-electron chi connectivity index (χ4n) is 2.72. The van der Waals surface area contributed by atoms with E-state index in [0.29, 0.717) is 12.1 Å². The van der Waals surface area contributed by atoms with Gasteiger partial charge >= 0.3 is 0 Å². The molecular weight excluding hydrogens is 264 g/mol. The fourth-order valence-corrected chi connectivity index (χ4v) is 2.72. The van der Waals surface area contributed by atoms with Crippen molar-refractivity contribution in [1.29, 1.82) is 0 Å². The molecule has 1 aromatic carbocycles. The average molecular weight is 294 g/mol. The Morgan fingerprint density at radius 1 is 1.19 bits per heavy atom. The normalized spacial score (nSPS) is 14.2. The second-order valence-electron chi connectivity index (χ2n) is 5.22. The summed E-state index contributed by atoms with van der Waals surface area (Å²) in [7, 11) is 3.48. The molecule has 0 radical (unpaired) electrons. The molecule has 0 heterocycles. The van der Waals surface area contributed by atoms with Gasteiger partial charge in [0.05, 0.1) is 13.7 Å². The molecule has 0 saturated carbocycles. The van der Waals surface area contributed by atoms with E-state index in [9.17, 15) is 0 Å². The molecule has 1 N–H and O–H groups in total. The molecule has 0 bridgehead atoms. The number of nitrogens with one attached hydrogen (secondary N) is 1. The molecule has 0 spiro atoms. The van der Waals surface area contributed by atoms with Crippen molar-refractivity contribution in [3.63, 3.8) is 0 Å². The van der Waals surface area contributed by atoms with E-state index in [1.807, 2.05) is 12.1 Å². The Bertz CT molecular complexity index is 392. The lowest BCUT2D eigenvalue weighted by molar-refractivity contribution is 0.124. The van der Waals surface area contributed by atoms with Gasteiger partial charge in [-0.1, -0.05) is 32.0 Å². The summed E-state index contributed by atoms with van der Waals surface area (Å²) in [5.74, 6) is 0.954. The van der Waals surface area contributed by atoms with Crippen LogP contribution in [0.3, 0.4) is 0 Å². The average Bonchev–Trinajstić information content (AvgIpc) is 2.52. The van der Waals surface area contributed by atoms with Crippen molar-refractivity contribution < 1.29 is 9.47 Å². The first-order chi connectivity index (χ1) is 10.2. The van der Waals surface area contributed by atoms with Crippen molar-refractivity contribution >= 4 is 0 Å². The monoisotopic (exact) mass is 294 g/mol. The molecule has 120 valence electrons. The number of hydrogen-bond acceptors (Lipinski definition) is 4. The predicted molar refractivity (Wildman–Crippen MR) is 88.0 cm³/mol. The van der Waals surface area contributed by atoms with Gasteiger partial charge in [-0.25, -0.2) is 0 Å². The molecule has 4 heteroatoms. The first kappa shape index (κ1) is 18.0. The van der Waals surface area contributed by atoms with Crippen LogP contribution >= 0.6 is 0 Å². The second-order valence-corrected chi connectivity index (χ2v) is 5.22. The van der Waals surface area contributed by atoms with E-state index in [1.54, 1.807) is 14.2 Å². The first-order valence-corrected chi connectivity index (χ1v) is 7.77. The van der Waals surface area contributed by atoms with Gasteiger partial charge in [0.2, 0.25) is 0 Å². The minimum Gasteiger partial charge on any atom is -0.496 e. The van der Waals surface area contributed by atoms with Crippen LogP contribution in [0.5, 0.6) is 5.75 Å². The van der Waals surface area contributed by atoms with Crippen LogP contribution in [0, 0.1) is 0 Å². The molecule has 0 saturated heterocycles. The predicted octanol–water partition coefficient (Wildman–Crippen LogP) is 2.70. The minimum absolute atomic E-state index is 0.309. The smallest absolute Gasteiger partial charge is 0.123 e. The number of likely N-dealkylation sites (N-methyl/N-ethyl adjacent to an activating group) is 2. The van der Waals surface area contributed by atoms with Crippen molar-refractivity contribution in [1.82, 2.24) is 10.2 Å². The molecule has 0 fully saturated rings. The Hall–Kier alpha value is -1.10. The maximum absolute atomic E-state index is 5.49. The summed E-state index contributed by atoms with van der Waals surface area (Å²) in [5.41, 5.74) is 1.23. The second kappa shape index (κ2) is 9.77. The van der Waals surface area contributed by atoms with Crippen LogP contribution in [0.25, 0.3) is 0 Å². The molecule has 21 heavy (non-hydrogen) atoms. The minimum atomic E-state index is 0.309. The molecule has 2 atom stereocenters. The zero-order chi connectivity index (χ0) is 15.7. The number of rotatable bonds is 10. The molecule has 0 unspecified atom stereocenters. The Labute approximate surface area is 129 Å². The van der Waals surface area contributed by atoms with Crippen LogP contribution in [0.2, 0.25) is 0 Å². The summed E-state index contributed by atoms with van der Waals surface area (Å²) in [5, 5.41) is 3.49. The summed E-state index contributed by atoms with van der Waals surface area (Å²) in [6, 6.07) is 8.90. The lowest BCUT2D eigenvalue weighted by atomic mass is 10.0. The Morgan fingerprint density at radius 2 is 1.90 bits per heavy atom. The van der Waals surface area contributed by atoms with Crippen LogP contribution in [0.15, 0.2) is 24.3 Å². The highest BCUT2D eigenvalue weighted by molar-refractivity contribution is 5.35. The highest BCUT2D eigenvalue weighted by atomic mass is 16.5.